The van der Waals surface area contributed by atoms with Crippen LogP contribution in [0.1, 0.15) is 41.3 Å². The molecule has 1 unspecified atom stereocenters. The number of hydrogen-bond donors (Lipinski definition) is 2. The lowest BCUT2D eigenvalue weighted by molar-refractivity contribution is 0.0585. The number of aliphatic hydroxyl groups is 2. The maximum Gasteiger partial charge on any atom is 0.195 e. The maximum absolute atomic E-state index is 12.4. The van der Waals surface area contributed by atoms with Crippen LogP contribution in [0.5, 0.6) is 11.5 Å². The molecule has 2 aromatic carbocycles. The summed E-state index contributed by atoms with van der Waals surface area (Å²) in [6, 6.07) is 13.6. The van der Waals surface area contributed by atoms with Gasteiger partial charge in [0, 0.05) is 5.56 Å². The van der Waals surface area contributed by atoms with E-state index in [-0.39, 0.29) is 11.9 Å². The lowest BCUT2D eigenvalue weighted by Gasteiger charge is -2.20. The van der Waals surface area contributed by atoms with Crippen molar-refractivity contribution in [2.24, 2.45) is 0 Å². The SMILES string of the molecule is COc1cc(C(O)C(=O)c2ccccc2)ccc1O[C@@H]1CCC[C@H]1O. The monoisotopic (exact) mass is 342 g/mol. The molecule has 5 heteroatoms. The Morgan fingerprint density at radius 1 is 1.12 bits per heavy atom. The molecule has 1 aliphatic rings. The van der Waals surface area contributed by atoms with E-state index in [2.05, 4.69) is 0 Å². The van der Waals surface area contributed by atoms with Gasteiger partial charge in [-0.25, -0.2) is 0 Å². The molecular weight excluding hydrogens is 320 g/mol. The molecular formula is C20H22O5. The number of methoxy groups -OCH3 is 1. The zero-order chi connectivity index (χ0) is 17.8. The van der Waals surface area contributed by atoms with Crippen LogP contribution in [0, 0.1) is 0 Å². The summed E-state index contributed by atoms with van der Waals surface area (Å²) in [5.41, 5.74) is 0.883. The molecule has 0 amide bonds. The number of benzene rings is 2. The summed E-state index contributed by atoms with van der Waals surface area (Å²) in [6.45, 7) is 0. The van der Waals surface area contributed by atoms with Gasteiger partial charge in [0.1, 0.15) is 12.2 Å². The first-order chi connectivity index (χ1) is 12.1. The summed E-state index contributed by atoms with van der Waals surface area (Å²) in [5, 5.41) is 20.3. The lowest BCUT2D eigenvalue weighted by atomic mass is 9.99. The van der Waals surface area contributed by atoms with Gasteiger partial charge in [-0.1, -0.05) is 36.4 Å². The predicted molar refractivity (Wildman–Crippen MR) is 93.0 cm³/mol. The summed E-state index contributed by atoms with van der Waals surface area (Å²) in [6.07, 6.45) is 0.445. The van der Waals surface area contributed by atoms with Crippen LogP contribution in [-0.4, -0.2) is 35.3 Å². The van der Waals surface area contributed by atoms with E-state index in [0.29, 0.717) is 22.6 Å². The lowest BCUT2D eigenvalue weighted by Crippen LogP contribution is -2.25. The van der Waals surface area contributed by atoms with Crippen molar-refractivity contribution in [3.63, 3.8) is 0 Å². The molecule has 3 rings (SSSR count). The fraction of sp³-hybridized carbons (Fsp3) is 0.350. The molecule has 0 bridgehead atoms. The van der Waals surface area contributed by atoms with Crippen LogP contribution in [0.3, 0.4) is 0 Å². The zero-order valence-corrected chi connectivity index (χ0v) is 14.1. The molecule has 1 saturated carbocycles. The minimum Gasteiger partial charge on any atom is -0.493 e. The summed E-state index contributed by atoms with van der Waals surface area (Å²) in [4.78, 5) is 12.4. The normalized spacial score (nSPS) is 20.9. The number of carbonyl (C=O) groups is 1. The number of ether oxygens (including phenoxy) is 2. The van der Waals surface area contributed by atoms with Crippen LogP contribution in [0.4, 0.5) is 0 Å². The largest absolute Gasteiger partial charge is 0.493 e. The van der Waals surface area contributed by atoms with Crippen LogP contribution in [-0.2, 0) is 0 Å². The zero-order valence-electron chi connectivity index (χ0n) is 14.1. The standard InChI is InChI=1S/C20H22O5/c1-24-18-12-14(20(23)19(22)13-6-3-2-4-7-13)10-11-17(18)25-16-9-5-8-15(16)21/h2-4,6-7,10-12,15-16,20-21,23H,5,8-9H2,1H3/t15-,16-,20?/m1/s1. The number of Topliss-reactive ketones (excluding diaryl/α,β-unsaturated/α-hetero) is 1. The first kappa shape index (κ1) is 17.5. The number of hydrogen-bond acceptors (Lipinski definition) is 5. The minimum atomic E-state index is -1.28. The minimum absolute atomic E-state index is 0.254. The Kier molecular flexibility index (Phi) is 5.36. The molecule has 5 nitrogen and oxygen atoms in total. The first-order valence-electron chi connectivity index (χ1n) is 8.40. The summed E-state index contributed by atoms with van der Waals surface area (Å²) in [5.74, 6) is 0.551. The molecule has 0 saturated heterocycles. The fourth-order valence-electron chi connectivity index (χ4n) is 3.07. The molecule has 0 spiro atoms. The second kappa shape index (κ2) is 7.68. The molecule has 1 aliphatic carbocycles. The van der Waals surface area contributed by atoms with Crippen LogP contribution in [0.25, 0.3) is 0 Å². The third-order valence-corrected chi connectivity index (χ3v) is 4.51. The summed E-state index contributed by atoms with van der Waals surface area (Å²) in [7, 11) is 1.50. The first-order valence-corrected chi connectivity index (χ1v) is 8.40. The van der Waals surface area contributed by atoms with E-state index in [0.717, 1.165) is 19.3 Å². The molecule has 1 fully saturated rings. The Balaban J connectivity index is 1.79. The molecule has 25 heavy (non-hydrogen) atoms. The van der Waals surface area contributed by atoms with E-state index in [1.165, 1.54) is 7.11 Å². The van der Waals surface area contributed by atoms with E-state index in [1.54, 1.807) is 42.5 Å². The number of ketones is 1. The predicted octanol–water partition coefficient (Wildman–Crippen LogP) is 2.90. The quantitative estimate of drug-likeness (QED) is 0.790. The van der Waals surface area contributed by atoms with Gasteiger partial charge in [-0.2, -0.15) is 0 Å². The van der Waals surface area contributed by atoms with Gasteiger partial charge in [0.05, 0.1) is 13.2 Å². The fourth-order valence-corrected chi connectivity index (χ4v) is 3.07. The molecule has 2 aromatic rings. The third kappa shape index (κ3) is 3.83. The smallest absolute Gasteiger partial charge is 0.195 e. The van der Waals surface area contributed by atoms with Crippen LogP contribution in [0.15, 0.2) is 48.5 Å². The van der Waals surface area contributed by atoms with Crippen molar-refractivity contribution >= 4 is 5.78 Å². The highest BCUT2D eigenvalue weighted by Crippen LogP contribution is 2.34. The molecule has 0 aromatic heterocycles. The number of carbonyl (C=O) groups excluding carboxylic acids is 1. The van der Waals surface area contributed by atoms with Crippen molar-refractivity contribution in [2.75, 3.05) is 7.11 Å². The second-order valence-electron chi connectivity index (χ2n) is 6.20. The Bertz CT molecular complexity index is 728. The van der Waals surface area contributed by atoms with Crippen molar-refractivity contribution in [3.05, 3.63) is 59.7 Å². The van der Waals surface area contributed by atoms with Gasteiger partial charge < -0.3 is 19.7 Å². The topological polar surface area (TPSA) is 76.0 Å². The average molecular weight is 342 g/mol. The van der Waals surface area contributed by atoms with Crippen molar-refractivity contribution in [1.29, 1.82) is 0 Å². The molecule has 2 N–H and O–H groups in total. The van der Waals surface area contributed by atoms with Gasteiger partial charge in [0.25, 0.3) is 0 Å². The highest BCUT2D eigenvalue weighted by Gasteiger charge is 2.28. The number of rotatable bonds is 6. The molecule has 0 radical (unpaired) electrons. The van der Waals surface area contributed by atoms with Crippen LogP contribution < -0.4 is 9.47 Å². The Labute approximate surface area is 146 Å². The second-order valence-corrected chi connectivity index (χ2v) is 6.20. The van der Waals surface area contributed by atoms with Crippen LogP contribution >= 0.6 is 0 Å². The van der Waals surface area contributed by atoms with E-state index < -0.39 is 12.2 Å². The summed E-state index contributed by atoms with van der Waals surface area (Å²) >= 11 is 0. The van der Waals surface area contributed by atoms with E-state index in [9.17, 15) is 15.0 Å². The molecule has 0 heterocycles. The summed E-state index contributed by atoms with van der Waals surface area (Å²) < 4.78 is 11.2. The van der Waals surface area contributed by atoms with E-state index >= 15 is 0 Å². The van der Waals surface area contributed by atoms with E-state index in [1.807, 2.05) is 6.07 Å². The Morgan fingerprint density at radius 3 is 2.52 bits per heavy atom. The maximum atomic E-state index is 12.4. The van der Waals surface area contributed by atoms with Gasteiger partial charge in [0.2, 0.25) is 0 Å². The van der Waals surface area contributed by atoms with E-state index in [4.69, 9.17) is 9.47 Å². The van der Waals surface area contributed by atoms with Gasteiger partial charge >= 0.3 is 0 Å². The van der Waals surface area contributed by atoms with Gasteiger partial charge in [0.15, 0.2) is 17.3 Å². The third-order valence-electron chi connectivity index (χ3n) is 4.51. The van der Waals surface area contributed by atoms with Crippen molar-refractivity contribution in [1.82, 2.24) is 0 Å². The average Bonchev–Trinajstić information content (AvgIpc) is 3.06. The van der Waals surface area contributed by atoms with Gasteiger partial charge in [-0.15, -0.1) is 0 Å². The van der Waals surface area contributed by atoms with Crippen LogP contribution in [0.2, 0.25) is 0 Å². The Hall–Kier alpha value is -2.37. The van der Waals surface area contributed by atoms with Crippen molar-refractivity contribution < 1.29 is 24.5 Å². The highest BCUT2D eigenvalue weighted by atomic mass is 16.5. The van der Waals surface area contributed by atoms with Gasteiger partial charge in [-0.3, -0.25) is 4.79 Å². The number of aliphatic hydroxyl groups excluding tert-OH is 2. The Morgan fingerprint density at radius 2 is 1.88 bits per heavy atom. The molecule has 0 aliphatic heterocycles. The molecule has 132 valence electrons. The van der Waals surface area contributed by atoms with Crippen molar-refractivity contribution in [2.45, 2.75) is 37.6 Å². The van der Waals surface area contributed by atoms with Crippen molar-refractivity contribution in [3.8, 4) is 11.5 Å². The van der Waals surface area contributed by atoms with Gasteiger partial charge in [-0.05, 0) is 37.0 Å². The molecule has 3 atom stereocenters. The highest BCUT2D eigenvalue weighted by molar-refractivity contribution is 5.99.